The first kappa shape index (κ1) is 25.9. The molecule has 1 aliphatic rings. The van der Waals surface area contributed by atoms with Gasteiger partial charge in [0, 0.05) is 36.3 Å². The van der Waals surface area contributed by atoms with Crippen LogP contribution in [0.4, 0.5) is 0 Å². The van der Waals surface area contributed by atoms with Gasteiger partial charge in [-0.05, 0) is 77.9 Å². The molecule has 3 rings (SSSR count). The number of ketones is 2. The molecule has 1 aliphatic carbocycles. The highest BCUT2D eigenvalue weighted by Gasteiger charge is 2.32. The Morgan fingerprint density at radius 3 is 1.44 bits per heavy atom. The molecule has 2 aromatic rings. The number of likely N-dealkylation sites (N-methyl/N-ethyl adjacent to an activating group) is 2. The zero-order valence-corrected chi connectivity index (χ0v) is 21.3. The van der Waals surface area contributed by atoms with E-state index in [2.05, 4.69) is 23.9 Å². The molecule has 0 amide bonds. The van der Waals surface area contributed by atoms with Gasteiger partial charge in [0.25, 0.3) is 0 Å². The van der Waals surface area contributed by atoms with E-state index in [4.69, 9.17) is 0 Å². The zero-order valence-electron chi connectivity index (χ0n) is 21.3. The number of hydrogen-bond donors (Lipinski definition) is 2. The number of nitrogens with zero attached hydrogens (tertiary/aromatic N) is 2. The summed E-state index contributed by atoms with van der Waals surface area (Å²) in [6.45, 7) is 7.94. The van der Waals surface area contributed by atoms with Crippen molar-refractivity contribution in [3.63, 3.8) is 0 Å². The second-order valence-corrected chi connectivity index (χ2v) is 10.0. The van der Waals surface area contributed by atoms with Gasteiger partial charge in [0.1, 0.15) is 11.5 Å². The fourth-order valence-corrected chi connectivity index (χ4v) is 5.38. The Balaban J connectivity index is 1.82. The number of phenolic OH excluding ortho intramolecular Hbond substituents is 2. The zero-order chi connectivity index (χ0) is 25.2. The van der Waals surface area contributed by atoms with Crippen LogP contribution in [0, 0.1) is 13.8 Å². The van der Waals surface area contributed by atoms with Crippen molar-refractivity contribution in [2.24, 2.45) is 0 Å². The maximum Gasteiger partial charge on any atom is 0.163 e. The number of aryl methyl sites for hydroxylation is 2. The van der Waals surface area contributed by atoms with Crippen LogP contribution in [0.15, 0.2) is 24.3 Å². The summed E-state index contributed by atoms with van der Waals surface area (Å²) in [4.78, 5) is 28.5. The Morgan fingerprint density at radius 1 is 0.765 bits per heavy atom. The van der Waals surface area contributed by atoms with Crippen LogP contribution in [0.25, 0.3) is 0 Å². The Bertz CT molecular complexity index is 993. The quantitative estimate of drug-likeness (QED) is 0.533. The highest BCUT2D eigenvalue weighted by molar-refractivity contribution is 5.97. The van der Waals surface area contributed by atoms with E-state index < -0.39 is 0 Å². The van der Waals surface area contributed by atoms with Crippen LogP contribution in [0.5, 0.6) is 11.5 Å². The summed E-state index contributed by atoms with van der Waals surface area (Å²) in [5, 5.41) is 21.4. The molecule has 0 heterocycles. The maximum absolute atomic E-state index is 12.0. The molecular weight excluding hydrogens is 428 g/mol. The van der Waals surface area contributed by atoms with E-state index in [0.29, 0.717) is 24.2 Å². The minimum Gasteiger partial charge on any atom is -0.507 e. The van der Waals surface area contributed by atoms with Crippen LogP contribution < -0.4 is 0 Å². The van der Waals surface area contributed by atoms with Gasteiger partial charge in [-0.1, -0.05) is 25.0 Å². The molecule has 2 unspecified atom stereocenters. The van der Waals surface area contributed by atoms with Gasteiger partial charge in [-0.25, -0.2) is 0 Å². The Labute approximate surface area is 203 Å². The van der Waals surface area contributed by atoms with Gasteiger partial charge in [-0.2, -0.15) is 0 Å². The van der Waals surface area contributed by atoms with Gasteiger partial charge in [-0.15, -0.1) is 0 Å². The standard InChI is InChI=1S/C28H38N2O4/c1-17-11-21(27(33)23(13-17)19(3)31)15-29(5)25-9-7-8-10-26(25)30(6)16-22-12-18(2)14-24(20(4)32)28(22)34/h11-14,25-26,33-34H,7-10,15-16H2,1-6H3. The summed E-state index contributed by atoms with van der Waals surface area (Å²) in [6, 6.07) is 7.91. The summed E-state index contributed by atoms with van der Waals surface area (Å²) in [5.41, 5.74) is 4.19. The van der Waals surface area contributed by atoms with Gasteiger partial charge in [0.2, 0.25) is 0 Å². The first-order valence-corrected chi connectivity index (χ1v) is 12.1. The first-order chi connectivity index (χ1) is 16.0. The van der Waals surface area contributed by atoms with Gasteiger partial charge in [0.15, 0.2) is 11.6 Å². The number of benzene rings is 2. The average Bonchev–Trinajstić information content (AvgIpc) is 2.77. The van der Waals surface area contributed by atoms with Crippen LogP contribution in [-0.2, 0) is 13.1 Å². The highest BCUT2D eigenvalue weighted by Crippen LogP contribution is 2.33. The highest BCUT2D eigenvalue weighted by atomic mass is 16.3. The lowest BCUT2D eigenvalue weighted by molar-refractivity contribution is 0.0684. The topological polar surface area (TPSA) is 81.1 Å². The molecule has 0 spiro atoms. The van der Waals surface area contributed by atoms with Gasteiger partial charge < -0.3 is 10.2 Å². The molecule has 0 bridgehead atoms. The van der Waals surface area contributed by atoms with E-state index >= 15 is 0 Å². The lowest BCUT2D eigenvalue weighted by Gasteiger charge is -2.43. The fraction of sp³-hybridized carbons (Fsp3) is 0.500. The monoisotopic (exact) mass is 466 g/mol. The third-order valence-corrected chi connectivity index (χ3v) is 7.09. The summed E-state index contributed by atoms with van der Waals surface area (Å²) >= 11 is 0. The predicted octanol–water partition coefficient (Wildman–Crippen LogP) is 4.99. The van der Waals surface area contributed by atoms with Crippen molar-refractivity contribution in [1.82, 2.24) is 9.80 Å². The molecular formula is C28H38N2O4. The van der Waals surface area contributed by atoms with Crippen LogP contribution >= 0.6 is 0 Å². The lowest BCUT2D eigenvalue weighted by Crippen LogP contribution is -2.50. The molecule has 1 saturated carbocycles. The molecule has 6 heteroatoms. The number of aromatic hydroxyl groups is 2. The first-order valence-electron chi connectivity index (χ1n) is 12.1. The molecule has 34 heavy (non-hydrogen) atoms. The van der Waals surface area contributed by atoms with Crippen molar-refractivity contribution in [2.45, 2.75) is 78.6 Å². The smallest absolute Gasteiger partial charge is 0.163 e. The van der Waals surface area contributed by atoms with Crippen molar-refractivity contribution >= 4 is 11.6 Å². The van der Waals surface area contributed by atoms with Crippen molar-refractivity contribution in [3.8, 4) is 11.5 Å². The summed E-state index contributed by atoms with van der Waals surface area (Å²) < 4.78 is 0. The Hall–Kier alpha value is -2.70. The van der Waals surface area contributed by atoms with Gasteiger partial charge in [0.05, 0.1) is 11.1 Å². The number of phenols is 2. The molecule has 1 fully saturated rings. The second-order valence-electron chi connectivity index (χ2n) is 10.0. The molecule has 2 aromatic carbocycles. The molecule has 6 nitrogen and oxygen atoms in total. The molecule has 2 N–H and O–H groups in total. The van der Waals surface area contributed by atoms with Crippen molar-refractivity contribution in [2.75, 3.05) is 14.1 Å². The average molecular weight is 467 g/mol. The number of carbonyl (C=O) groups excluding carboxylic acids is 2. The van der Waals surface area contributed by atoms with E-state index in [1.165, 1.54) is 13.8 Å². The Morgan fingerprint density at radius 2 is 1.12 bits per heavy atom. The maximum atomic E-state index is 12.0. The van der Waals surface area contributed by atoms with Gasteiger partial charge in [-0.3, -0.25) is 19.4 Å². The number of rotatable bonds is 8. The van der Waals surface area contributed by atoms with Crippen molar-refractivity contribution in [3.05, 3.63) is 57.6 Å². The van der Waals surface area contributed by atoms with Crippen LogP contribution in [0.3, 0.4) is 0 Å². The second kappa shape index (κ2) is 10.7. The van der Waals surface area contributed by atoms with Crippen LogP contribution in [0.1, 0.15) is 82.5 Å². The van der Waals surface area contributed by atoms with Crippen molar-refractivity contribution in [1.29, 1.82) is 0 Å². The minimum atomic E-state index is -0.136. The molecule has 2 atom stereocenters. The SMILES string of the molecule is CC(=O)c1cc(C)cc(CN(C)C2CCCCC2N(C)Cc2cc(C)cc(C(C)=O)c2O)c1O. The van der Waals surface area contributed by atoms with E-state index in [1.807, 2.05) is 26.0 Å². The minimum absolute atomic E-state index is 0.0760. The van der Waals surface area contributed by atoms with E-state index in [-0.39, 0.29) is 35.1 Å². The van der Waals surface area contributed by atoms with E-state index in [0.717, 1.165) is 47.9 Å². The van der Waals surface area contributed by atoms with E-state index in [1.54, 1.807) is 12.1 Å². The molecule has 0 aliphatic heterocycles. The number of carbonyl (C=O) groups is 2. The molecule has 184 valence electrons. The number of hydrogen-bond acceptors (Lipinski definition) is 6. The van der Waals surface area contributed by atoms with Gasteiger partial charge >= 0.3 is 0 Å². The molecule has 0 saturated heterocycles. The number of Topliss-reactive ketones (excluding diaryl/α,β-unsaturated/α-hetero) is 2. The Kier molecular flexibility index (Phi) is 8.16. The van der Waals surface area contributed by atoms with Crippen molar-refractivity contribution < 1.29 is 19.8 Å². The van der Waals surface area contributed by atoms with Crippen LogP contribution in [0.2, 0.25) is 0 Å². The third-order valence-electron chi connectivity index (χ3n) is 7.09. The molecule has 0 radical (unpaired) electrons. The summed E-state index contributed by atoms with van der Waals surface area (Å²) in [6.07, 6.45) is 4.36. The lowest BCUT2D eigenvalue weighted by atomic mass is 9.87. The normalized spacial score (nSPS) is 18.5. The largest absolute Gasteiger partial charge is 0.507 e. The summed E-state index contributed by atoms with van der Waals surface area (Å²) in [7, 11) is 4.15. The summed E-state index contributed by atoms with van der Waals surface area (Å²) in [5.74, 6) is -0.120. The van der Waals surface area contributed by atoms with Crippen LogP contribution in [-0.4, -0.2) is 57.8 Å². The predicted molar refractivity (Wildman–Crippen MR) is 135 cm³/mol. The molecule has 0 aromatic heterocycles. The third kappa shape index (κ3) is 5.68. The fourth-order valence-electron chi connectivity index (χ4n) is 5.38. The van der Waals surface area contributed by atoms with E-state index in [9.17, 15) is 19.8 Å².